The highest BCUT2D eigenvalue weighted by atomic mass is 35.5. The van der Waals surface area contributed by atoms with Crippen LogP contribution in [0.2, 0.25) is 5.02 Å². The Morgan fingerprint density at radius 1 is 1.26 bits per heavy atom. The van der Waals surface area contributed by atoms with Crippen LogP contribution in [0.1, 0.15) is 11.1 Å². The van der Waals surface area contributed by atoms with Crippen molar-refractivity contribution < 1.29 is 22.7 Å². The summed E-state index contributed by atoms with van der Waals surface area (Å²) in [5, 5.41) is -0.359. The molecular weight excluding hydrogens is 281 g/mol. The van der Waals surface area contributed by atoms with Crippen molar-refractivity contribution in [1.29, 1.82) is 0 Å². The third kappa shape index (κ3) is 3.38. The fourth-order valence-corrected chi connectivity index (χ4v) is 1.85. The Morgan fingerprint density at radius 2 is 2.00 bits per heavy atom. The van der Waals surface area contributed by atoms with E-state index in [0.717, 1.165) is 6.07 Å². The van der Waals surface area contributed by atoms with Crippen LogP contribution in [0.25, 0.3) is 6.08 Å². The lowest BCUT2D eigenvalue weighted by molar-refractivity contribution is -0.137. The van der Waals surface area contributed by atoms with Crippen molar-refractivity contribution in [1.82, 2.24) is 0 Å². The average molecular weight is 289 g/mol. The van der Waals surface area contributed by atoms with Crippen molar-refractivity contribution in [3.8, 4) is 0 Å². The maximum absolute atomic E-state index is 12.5. The van der Waals surface area contributed by atoms with Gasteiger partial charge in [-0.2, -0.15) is 13.2 Å². The lowest BCUT2D eigenvalue weighted by Crippen LogP contribution is -2.05. The molecule has 0 N–H and O–H groups in total. The Kier molecular flexibility index (Phi) is 3.66. The Balaban J connectivity index is 2.19. The first-order valence-electron chi connectivity index (χ1n) is 5.28. The lowest BCUT2D eigenvalue weighted by atomic mass is 10.1. The molecule has 0 saturated carbocycles. The Labute approximate surface area is 112 Å². The predicted molar refractivity (Wildman–Crippen MR) is 64.5 cm³/mol. The average Bonchev–Trinajstić information content (AvgIpc) is 2.71. The van der Waals surface area contributed by atoms with E-state index in [2.05, 4.69) is 4.74 Å². The predicted octanol–water partition coefficient (Wildman–Crippen LogP) is 3.86. The van der Waals surface area contributed by atoms with Gasteiger partial charge in [0, 0.05) is 6.08 Å². The zero-order chi connectivity index (χ0) is 14.0. The van der Waals surface area contributed by atoms with E-state index in [-0.39, 0.29) is 11.6 Å². The van der Waals surface area contributed by atoms with Crippen molar-refractivity contribution >= 4 is 23.6 Å². The number of ether oxygens (including phenoxy) is 1. The molecule has 19 heavy (non-hydrogen) atoms. The first-order chi connectivity index (χ1) is 8.86. The van der Waals surface area contributed by atoms with Gasteiger partial charge in [-0.3, -0.25) is 0 Å². The van der Waals surface area contributed by atoms with E-state index >= 15 is 0 Å². The number of carbonyl (C=O) groups is 1. The SMILES string of the molecule is O=C1C=C(/C=C/c2ccc(C(F)(F)F)c(Cl)c2)CO1. The van der Waals surface area contributed by atoms with Gasteiger partial charge in [0.1, 0.15) is 6.61 Å². The second-order valence-corrected chi connectivity index (χ2v) is 4.30. The highest BCUT2D eigenvalue weighted by Crippen LogP contribution is 2.35. The number of rotatable bonds is 2. The second-order valence-electron chi connectivity index (χ2n) is 3.90. The summed E-state index contributed by atoms with van der Waals surface area (Å²) in [5.74, 6) is -0.426. The number of cyclic esters (lactones) is 1. The van der Waals surface area contributed by atoms with Crippen molar-refractivity contribution in [3.63, 3.8) is 0 Å². The Hall–Kier alpha value is -1.75. The summed E-state index contributed by atoms with van der Waals surface area (Å²) < 4.78 is 42.2. The van der Waals surface area contributed by atoms with E-state index in [9.17, 15) is 18.0 Å². The van der Waals surface area contributed by atoms with E-state index < -0.39 is 17.7 Å². The minimum Gasteiger partial charge on any atom is -0.458 e. The summed E-state index contributed by atoms with van der Waals surface area (Å²) in [6.45, 7) is 0.170. The monoisotopic (exact) mass is 288 g/mol. The van der Waals surface area contributed by atoms with Gasteiger partial charge >= 0.3 is 12.1 Å². The van der Waals surface area contributed by atoms with Gasteiger partial charge in [-0.15, -0.1) is 0 Å². The third-order valence-electron chi connectivity index (χ3n) is 2.47. The van der Waals surface area contributed by atoms with Gasteiger partial charge in [0.25, 0.3) is 0 Å². The van der Waals surface area contributed by atoms with Gasteiger partial charge in [-0.25, -0.2) is 4.79 Å². The number of carbonyl (C=O) groups excluding carboxylic acids is 1. The van der Waals surface area contributed by atoms with E-state index in [1.54, 1.807) is 12.2 Å². The maximum atomic E-state index is 12.5. The van der Waals surface area contributed by atoms with E-state index in [0.29, 0.717) is 11.1 Å². The van der Waals surface area contributed by atoms with Gasteiger partial charge in [0.05, 0.1) is 10.6 Å². The molecule has 1 aromatic rings. The largest absolute Gasteiger partial charge is 0.458 e. The van der Waals surface area contributed by atoms with E-state index in [4.69, 9.17) is 11.6 Å². The second kappa shape index (κ2) is 5.09. The van der Waals surface area contributed by atoms with Crippen molar-refractivity contribution in [2.45, 2.75) is 6.18 Å². The number of alkyl halides is 3. The van der Waals surface area contributed by atoms with Crippen molar-refractivity contribution in [2.75, 3.05) is 6.61 Å². The minimum atomic E-state index is -4.46. The zero-order valence-electron chi connectivity index (χ0n) is 9.50. The molecule has 100 valence electrons. The Morgan fingerprint density at radius 3 is 2.53 bits per heavy atom. The number of esters is 1. The number of halogens is 4. The summed E-state index contributed by atoms with van der Waals surface area (Å²) in [6.07, 6.45) is 0.0272. The van der Waals surface area contributed by atoms with Gasteiger partial charge in [0.15, 0.2) is 0 Å². The Bertz CT molecular complexity index is 574. The fourth-order valence-electron chi connectivity index (χ4n) is 1.55. The van der Waals surface area contributed by atoms with Gasteiger partial charge in [-0.05, 0) is 23.3 Å². The summed E-state index contributed by atoms with van der Waals surface area (Å²) in [5.41, 5.74) is 0.296. The van der Waals surface area contributed by atoms with E-state index in [1.165, 1.54) is 18.2 Å². The molecule has 2 nitrogen and oxygen atoms in total. The molecule has 0 saturated heterocycles. The normalized spacial score (nSPS) is 15.8. The highest BCUT2D eigenvalue weighted by molar-refractivity contribution is 6.31. The molecule has 0 bridgehead atoms. The fraction of sp³-hybridized carbons (Fsp3) is 0.154. The first kappa shape index (κ1) is 13.7. The molecule has 0 atom stereocenters. The number of benzene rings is 1. The molecule has 0 aliphatic carbocycles. The van der Waals surface area contributed by atoms with E-state index in [1.807, 2.05) is 0 Å². The smallest absolute Gasteiger partial charge is 0.417 e. The van der Waals surface area contributed by atoms with Crippen LogP contribution in [-0.4, -0.2) is 12.6 Å². The molecule has 1 aliphatic rings. The lowest BCUT2D eigenvalue weighted by Gasteiger charge is -2.08. The molecule has 1 heterocycles. The van der Waals surface area contributed by atoms with Crippen molar-refractivity contribution in [2.24, 2.45) is 0 Å². The molecule has 0 radical (unpaired) electrons. The summed E-state index contributed by atoms with van der Waals surface area (Å²) in [7, 11) is 0. The summed E-state index contributed by atoms with van der Waals surface area (Å²) >= 11 is 5.59. The molecule has 6 heteroatoms. The van der Waals surface area contributed by atoms with Gasteiger partial charge in [-0.1, -0.05) is 29.8 Å². The van der Waals surface area contributed by atoms with Crippen molar-refractivity contribution in [3.05, 3.63) is 52.1 Å². The van der Waals surface area contributed by atoms with Crippen LogP contribution >= 0.6 is 11.6 Å². The van der Waals surface area contributed by atoms with Crippen LogP contribution < -0.4 is 0 Å². The van der Waals surface area contributed by atoms with Crippen LogP contribution in [0.3, 0.4) is 0 Å². The minimum absolute atomic E-state index is 0.170. The highest BCUT2D eigenvalue weighted by Gasteiger charge is 2.32. The molecule has 0 amide bonds. The summed E-state index contributed by atoms with van der Waals surface area (Å²) in [4.78, 5) is 10.8. The number of hydrogen-bond donors (Lipinski definition) is 0. The molecule has 0 aromatic heterocycles. The maximum Gasteiger partial charge on any atom is 0.417 e. The van der Waals surface area contributed by atoms with Crippen LogP contribution in [0.4, 0.5) is 13.2 Å². The molecule has 1 aromatic carbocycles. The van der Waals surface area contributed by atoms with Gasteiger partial charge in [0.2, 0.25) is 0 Å². The molecule has 0 spiro atoms. The first-order valence-corrected chi connectivity index (χ1v) is 5.66. The topological polar surface area (TPSA) is 26.3 Å². The standard InChI is InChI=1S/C13H8ClF3O2/c14-11-5-8(3-4-10(11)13(15,16)17)1-2-9-6-12(18)19-7-9/h1-6H,7H2/b2-1+. The molecule has 0 fully saturated rings. The third-order valence-corrected chi connectivity index (χ3v) is 2.79. The molecule has 1 aliphatic heterocycles. The van der Waals surface area contributed by atoms with Crippen LogP contribution in [0, 0.1) is 0 Å². The van der Waals surface area contributed by atoms with Crippen LogP contribution in [0.5, 0.6) is 0 Å². The van der Waals surface area contributed by atoms with Crippen LogP contribution in [-0.2, 0) is 15.7 Å². The molecular formula is C13H8ClF3O2. The summed E-state index contributed by atoms with van der Waals surface area (Å²) in [6, 6.07) is 3.45. The molecule has 0 unspecified atom stereocenters. The number of hydrogen-bond acceptors (Lipinski definition) is 2. The van der Waals surface area contributed by atoms with Crippen LogP contribution in [0.15, 0.2) is 35.9 Å². The molecule has 2 rings (SSSR count). The van der Waals surface area contributed by atoms with Gasteiger partial charge < -0.3 is 4.74 Å². The zero-order valence-corrected chi connectivity index (χ0v) is 10.3. The quantitative estimate of drug-likeness (QED) is 0.773.